The van der Waals surface area contributed by atoms with Gasteiger partial charge in [0.1, 0.15) is 10.4 Å². The average Bonchev–Trinajstić information content (AvgIpc) is 2.80. The van der Waals surface area contributed by atoms with Crippen LogP contribution in [-0.4, -0.2) is 46.5 Å². The van der Waals surface area contributed by atoms with Gasteiger partial charge in [-0.25, -0.2) is 4.79 Å². The molecule has 0 bridgehead atoms. The standard InChI is InChI=1S/C15H15NO5S2/c1-8(14(18)19)16-13(17)11(23-15(16)22)7-9-5-4-6-10(20-2)12(9)21-3/h4-8H,1-3H3,(H,18,19)/b11-7-/t8-/m1/s1. The number of rotatable bonds is 5. The van der Waals surface area contributed by atoms with Crippen LogP contribution < -0.4 is 9.47 Å². The largest absolute Gasteiger partial charge is 0.493 e. The minimum absolute atomic E-state index is 0.220. The van der Waals surface area contributed by atoms with Crippen LogP contribution in [0.15, 0.2) is 23.1 Å². The number of para-hydroxylation sites is 1. The second kappa shape index (κ2) is 7.01. The first-order chi connectivity index (χ1) is 10.9. The molecule has 1 aliphatic heterocycles. The SMILES string of the molecule is COc1cccc(/C=C2\SC(=S)N([C@H](C)C(=O)O)C2=O)c1OC. The number of thiocarbonyl (C=S) groups is 1. The van der Waals surface area contributed by atoms with Crippen LogP contribution in [0.3, 0.4) is 0 Å². The molecule has 23 heavy (non-hydrogen) atoms. The topological polar surface area (TPSA) is 76.1 Å². The van der Waals surface area contributed by atoms with Gasteiger partial charge in [0.15, 0.2) is 11.5 Å². The molecule has 0 radical (unpaired) electrons. The smallest absolute Gasteiger partial charge is 0.326 e. The van der Waals surface area contributed by atoms with E-state index in [1.165, 1.54) is 21.1 Å². The fraction of sp³-hybridized carbons (Fsp3) is 0.267. The maximum atomic E-state index is 12.4. The summed E-state index contributed by atoms with van der Waals surface area (Å²) in [4.78, 5) is 25.0. The van der Waals surface area contributed by atoms with Gasteiger partial charge in [-0.15, -0.1) is 0 Å². The summed E-state index contributed by atoms with van der Waals surface area (Å²) in [6, 6.07) is 4.27. The number of carbonyl (C=O) groups is 2. The van der Waals surface area contributed by atoms with Crippen LogP contribution in [0.1, 0.15) is 12.5 Å². The van der Waals surface area contributed by atoms with E-state index in [0.29, 0.717) is 22.0 Å². The zero-order valence-electron chi connectivity index (χ0n) is 12.7. The molecule has 1 amide bonds. The summed E-state index contributed by atoms with van der Waals surface area (Å²) in [6.45, 7) is 1.42. The molecular formula is C15H15NO5S2. The van der Waals surface area contributed by atoms with E-state index in [0.717, 1.165) is 16.7 Å². The maximum absolute atomic E-state index is 12.4. The number of carbonyl (C=O) groups excluding carboxylic acids is 1. The van der Waals surface area contributed by atoms with Crippen LogP contribution in [0.4, 0.5) is 0 Å². The molecule has 0 saturated carbocycles. The van der Waals surface area contributed by atoms with Crippen molar-refractivity contribution >= 4 is 46.3 Å². The molecule has 1 N–H and O–H groups in total. The van der Waals surface area contributed by atoms with Gasteiger partial charge in [-0.2, -0.15) is 0 Å². The number of thioether (sulfide) groups is 1. The van der Waals surface area contributed by atoms with Gasteiger partial charge in [0.25, 0.3) is 5.91 Å². The van der Waals surface area contributed by atoms with Crippen molar-refractivity contribution in [3.63, 3.8) is 0 Å². The molecule has 0 spiro atoms. The number of amides is 1. The number of carboxylic acid groups (broad SMARTS) is 1. The van der Waals surface area contributed by atoms with Gasteiger partial charge in [0.05, 0.1) is 19.1 Å². The Morgan fingerprint density at radius 2 is 2.09 bits per heavy atom. The van der Waals surface area contributed by atoms with Gasteiger partial charge in [-0.3, -0.25) is 9.69 Å². The summed E-state index contributed by atoms with van der Waals surface area (Å²) in [5, 5.41) is 9.09. The highest BCUT2D eigenvalue weighted by atomic mass is 32.2. The normalized spacial score (nSPS) is 17.5. The third-order valence-electron chi connectivity index (χ3n) is 3.29. The van der Waals surface area contributed by atoms with Crippen molar-refractivity contribution in [3.05, 3.63) is 28.7 Å². The van der Waals surface area contributed by atoms with E-state index < -0.39 is 17.9 Å². The van der Waals surface area contributed by atoms with Crippen LogP contribution in [0.5, 0.6) is 11.5 Å². The summed E-state index contributed by atoms with van der Waals surface area (Å²) in [6.07, 6.45) is 1.62. The second-order valence-electron chi connectivity index (χ2n) is 4.65. The summed E-state index contributed by atoms with van der Waals surface area (Å²) >= 11 is 6.19. The van der Waals surface area contributed by atoms with Crippen LogP contribution in [0.25, 0.3) is 6.08 Å². The van der Waals surface area contributed by atoms with E-state index in [-0.39, 0.29) is 4.32 Å². The predicted octanol–water partition coefficient (Wildman–Crippen LogP) is 2.38. The molecule has 1 fully saturated rings. The number of hydrogen-bond donors (Lipinski definition) is 1. The lowest BCUT2D eigenvalue weighted by molar-refractivity contribution is -0.144. The van der Waals surface area contributed by atoms with Crippen LogP contribution >= 0.6 is 24.0 Å². The van der Waals surface area contributed by atoms with Crippen LogP contribution in [0, 0.1) is 0 Å². The van der Waals surface area contributed by atoms with E-state index >= 15 is 0 Å². The van der Waals surface area contributed by atoms with Gasteiger partial charge in [-0.1, -0.05) is 36.1 Å². The number of methoxy groups -OCH3 is 2. The van der Waals surface area contributed by atoms with Crippen molar-refractivity contribution < 1.29 is 24.2 Å². The third-order valence-corrected chi connectivity index (χ3v) is 4.62. The predicted molar refractivity (Wildman–Crippen MR) is 91.7 cm³/mol. The van der Waals surface area contributed by atoms with Crippen molar-refractivity contribution in [1.29, 1.82) is 0 Å². The molecule has 6 nitrogen and oxygen atoms in total. The monoisotopic (exact) mass is 353 g/mol. The molecular weight excluding hydrogens is 338 g/mol. The van der Waals surface area contributed by atoms with Gasteiger partial charge in [0, 0.05) is 5.56 Å². The van der Waals surface area contributed by atoms with Crippen LogP contribution in [-0.2, 0) is 9.59 Å². The lowest BCUT2D eigenvalue weighted by Crippen LogP contribution is -2.41. The molecule has 0 aliphatic carbocycles. The molecule has 122 valence electrons. The zero-order chi connectivity index (χ0) is 17.1. The summed E-state index contributed by atoms with van der Waals surface area (Å²) in [5.74, 6) is -0.511. The highest BCUT2D eigenvalue weighted by molar-refractivity contribution is 8.26. The highest BCUT2D eigenvalue weighted by Crippen LogP contribution is 2.37. The van der Waals surface area contributed by atoms with E-state index in [1.54, 1.807) is 24.3 Å². The molecule has 1 atom stereocenters. The van der Waals surface area contributed by atoms with Gasteiger partial charge < -0.3 is 14.6 Å². The summed E-state index contributed by atoms with van der Waals surface area (Å²) < 4.78 is 10.8. The second-order valence-corrected chi connectivity index (χ2v) is 6.32. The Balaban J connectivity index is 2.40. The first kappa shape index (κ1) is 17.3. The highest BCUT2D eigenvalue weighted by Gasteiger charge is 2.38. The quantitative estimate of drug-likeness (QED) is 0.643. The Bertz CT molecular complexity index is 701. The van der Waals surface area contributed by atoms with Gasteiger partial charge >= 0.3 is 5.97 Å². The molecule has 1 aliphatic rings. The van der Waals surface area contributed by atoms with E-state index in [1.807, 2.05) is 0 Å². The van der Waals surface area contributed by atoms with Crippen LogP contribution in [0.2, 0.25) is 0 Å². The number of nitrogens with zero attached hydrogens (tertiary/aromatic N) is 1. The number of ether oxygens (including phenoxy) is 2. The Labute approximate surface area is 143 Å². The molecule has 0 unspecified atom stereocenters. The minimum Gasteiger partial charge on any atom is -0.493 e. The van der Waals surface area contributed by atoms with Gasteiger partial charge in [0.2, 0.25) is 0 Å². The first-order valence-corrected chi connectivity index (χ1v) is 7.84. The lowest BCUT2D eigenvalue weighted by atomic mass is 10.1. The molecule has 1 aromatic carbocycles. The first-order valence-electron chi connectivity index (χ1n) is 6.61. The van der Waals surface area contributed by atoms with Gasteiger partial charge in [-0.05, 0) is 19.1 Å². The number of benzene rings is 1. The molecule has 8 heteroatoms. The van der Waals surface area contributed by atoms with E-state index in [9.17, 15) is 9.59 Å². The van der Waals surface area contributed by atoms with Crippen molar-refractivity contribution in [2.24, 2.45) is 0 Å². The fourth-order valence-corrected chi connectivity index (χ4v) is 3.50. The van der Waals surface area contributed by atoms with E-state index in [4.69, 9.17) is 26.8 Å². The Morgan fingerprint density at radius 3 is 2.65 bits per heavy atom. The van der Waals surface area contributed by atoms with Crippen molar-refractivity contribution in [2.45, 2.75) is 13.0 Å². The summed E-state index contributed by atoms with van der Waals surface area (Å²) in [5.41, 5.74) is 0.648. The Kier molecular flexibility index (Phi) is 5.27. The fourth-order valence-electron chi connectivity index (χ4n) is 2.09. The lowest BCUT2D eigenvalue weighted by Gasteiger charge is -2.18. The molecule has 1 aromatic rings. The minimum atomic E-state index is -1.11. The molecule has 1 heterocycles. The average molecular weight is 353 g/mol. The van der Waals surface area contributed by atoms with Crippen molar-refractivity contribution in [2.75, 3.05) is 14.2 Å². The number of carboxylic acids is 1. The Hall–Kier alpha value is -2.06. The van der Waals surface area contributed by atoms with E-state index in [2.05, 4.69) is 0 Å². The zero-order valence-corrected chi connectivity index (χ0v) is 14.4. The molecule has 1 saturated heterocycles. The third kappa shape index (κ3) is 3.32. The van der Waals surface area contributed by atoms with Crippen molar-refractivity contribution in [1.82, 2.24) is 4.90 Å². The Morgan fingerprint density at radius 1 is 1.39 bits per heavy atom. The molecule has 0 aromatic heterocycles. The molecule has 2 rings (SSSR count). The number of hydrogen-bond acceptors (Lipinski definition) is 6. The summed E-state index contributed by atoms with van der Waals surface area (Å²) in [7, 11) is 3.03. The maximum Gasteiger partial charge on any atom is 0.326 e. The number of aliphatic carboxylic acids is 1. The van der Waals surface area contributed by atoms with Crippen molar-refractivity contribution in [3.8, 4) is 11.5 Å².